The number of carbonyl (C=O) groups is 1. The number of aromatic nitrogens is 3. The van der Waals surface area contributed by atoms with Crippen LogP contribution in [-0.4, -0.2) is 20.7 Å². The number of carbonyl (C=O) groups excluding carboxylic acids is 1. The number of rotatable bonds is 5. The smallest absolute Gasteiger partial charge is 0.252 e. The standard InChI is InChI=1S/C21H26N4O/c1-13(2)19-11-17(18-12-22-25(14(3)4)20(18)24-19)21(26)23-15(5)16-9-7-6-8-10-16/h6-15H,1-5H3,(H,23,26)/t15-/m0/s1. The van der Waals surface area contributed by atoms with Crippen LogP contribution >= 0.6 is 0 Å². The molecule has 0 bridgehead atoms. The number of pyridine rings is 1. The lowest BCUT2D eigenvalue weighted by molar-refractivity contribution is 0.0941. The molecule has 0 saturated heterocycles. The molecule has 0 radical (unpaired) electrons. The fourth-order valence-corrected chi connectivity index (χ4v) is 3.00. The van der Waals surface area contributed by atoms with E-state index in [1.807, 2.05) is 48.0 Å². The molecule has 0 aliphatic carbocycles. The van der Waals surface area contributed by atoms with Gasteiger partial charge in [-0.3, -0.25) is 4.79 Å². The Bertz CT molecular complexity index is 912. The van der Waals surface area contributed by atoms with Gasteiger partial charge in [0.05, 0.1) is 23.2 Å². The second kappa shape index (κ2) is 7.28. The van der Waals surface area contributed by atoms with E-state index < -0.39 is 0 Å². The average molecular weight is 350 g/mol. The second-order valence-corrected chi connectivity index (χ2v) is 7.28. The van der Waals surface area contributed by atoms with Crippen LogP contribution in [0.3, 0.4) is 0 Å². The molecule has 5 nitrogen and oxygen atoms in total. The van der Waals surface area contributed by atoms with Gasteiger partial charge in [0.1, 0.15) is 0 Å². The molecule has 0 aliphatic rings. The zero-order valence-corrected chi connectivity index (χ0v) is 16.0. The Labute approximate surface area is 154 Å². The van der Waals surface area contributed by atoms with Crippen LogP contribution in [-0.2, 0) is 0 Å². The summed E-state index contributed by atoms with van der Waals surface area (Å²) < 4.78 is 1.87. The molecule has 3 rings (SSSR count). The number of nitrogens with zero attached hydrogens (tertiary/aromatic N) is 3. The molecule has 2 heterocycles. The normalized spacial score (nSPS) is 12.7. The Morgan fingerprint density at radius 2 is 1.77 bits per heavy atom. The second-order valence-electron chi connectivity index (χ2n) is 7.28. The Kier molecular flexibility index (Phi) is 5.07. The van der Waals surface area contributed by atoms with E-state index in [2.05, 4.69) is 38.1 Å². The molecule has 26 heavy (non-hydrogen) atoms. The van der Waals surface area contributed by atoms with Crippen LogP contribution in [0.25, 0.3) is 11.0 Å². The fourth-order valence-electron chi connectivity index (χ4n) is 3.00. The van der Waals surface area contributed by atoms with Gasteiger partial charge in [-0.25, -0.2) is 9.67 Å². The van der Waals surface area contributed by atoms with Crippen molar-refractivity contribution in [2.45, 2.75) is 52.6 Å². The summed E-state index contributed by atoms with van der Waals surface area (Å²) in [4.78, 5) is 17.8. The number of hydrogen-bond donors (Lipinski definition) is 1. The van der Waals surface area contributed by atoms with Crippen molar-refractivity contribution >= 4 is 16.9 Å². The third kappa shape index (κ3) is 3.47. The zero-order valence-electron chi connectivity index (χ0n) is 16.0. The van der Waals surface area contributed by atoms with Crippen molar-refractivity contribution in [2.24, 2.45) is 0 Å². The van der Waals surface area contributed by atoms with Crippen molar-refractivity contribution in [2.75, 3.05) is 0 Å². The molecule has 1 N–H and O–H groups in total. The van der Waals surface area contributed by atoms with Crippen molar-refractivity contribution in [3.8, 4) is 0 Å². The Morgan fingerprint density at radius 1 is 1.08 bits per heavy atom. The van der Waals surface area contributed by atoms with Gasteiger partial charge in [-0.1, -0.05) is 44.2 Å². The monoisotopic (exact) mass is 350 g/mol. The number of fused-ring (bicyclic) bond motifs is 1. The van der Waals surface area contributed by atoms with E-state index in [4.69, 9.17) is 4.98 Å². The summed E-state index contributed by atoms with van der Waals surface area (Å²) in [5.41, 5.74) is 3.38. The molecule has 0 unspecified atom stereocenters. The molecule has 0 aliphatic heterocycles. The van der Waals surface area contributed by atoms with E-state index in [-0.39, 0.29) is 23.9 Å². The topological polar surface area (TPSA) is 59.8 Å². The fraction of sp³-hybridized carbons (Fsp3) is 0.381. The van der Waals surface area contributed by atoms with Gasteiger partial charge in [0.2, 0.25) is 0 Å². The average Bonchev–Trinajstić information content (AvgIpc) is 3.05. The molecule has 2 aromatic heterocycles. The lowest BCUT2D eigenvalue weighted by Gasteiger charge is -2.16. The molecule has 1 atom stereocenters. The largest absolute Gasteiger partial charge is 0.345 e. The molecule has 0 spiro atoms. The van der Waals surface area contributed by atoms with Gasteiger partial charge in [-0.05, 0) is 38.3 Å². The zero-order chi connectivity index (χ0) is 18.8. The van der Waals surface area contributed by atoms with Gasteiger partial charge in [0.25, 0.3) is 5.91 Å². The van der Waals surface area contributed by atoms with Gasteiger partial charge in [-0.15, -0.1) is 0 Å². The van der Waals surface area contributed by atoms with Crippen molar-refractivity contribution in [3.05, 3.63) is 59.4 Å². The first kappa shape index (κ1) is 18.1. The summed E-state index contributed by atoms with van der Waals surface area (Å²) in [6.45, 7) is 10.3. The van der Waals surface area contributed by atoms with Crippen LogP contribution in [0.4, 0.5) is 0 Å². The van der Waals surface area contributed by atoms with Gasteiger partial charge < -0.3 is 5.32 Å². The molecule has 1 aromatic carbocycles. The lowest BCUT2D eigenvalue weighted by Crippen LogP contribution is -2.27. The Morgan fingerprint density at radius 3 is 2.38 bits per heavy atom. The molecule has 5 heteroatoms. The summed E-state index contributed by atoms with van der Waals surface area (Å²) in [6, 6.07) is 12.0. The Hall–Kier alpha value is -2.69. The highest BCUT2D eigenvalue weighted by atomic mass is 16.1. The van der Waals surface area contributed by atoms with E-state index in [9.17, 15) is 4.79 Å². The highest BCUT2D eigenvalue weighted by Gasteiger charge is 2.20. The first-order valence-electron chi connectivity index (χ1n) is 9.12. The van der Waals surface area contributed by atoms with Crippen LogP contribution in [0, 0.1) is 0 Å². The van der Waals surface area contributed by atoms with Gasteiger partial charge >= 0.3 is 0 Å². The van der Waals surface area contributed by atoms with Crippen molar-refractivity contribution in [1.82, 2.24) is 20.1 Å². The maximum atomic E-state index is 13.0. The molecule has 0 saturated carbocycles. The number of nitrogens with one attached hydrogen (secondary N) is 1. The predicted molar refractivity (Wildman–Crippen MR) is 104 cm³/mol. The minimum absolute atomic E-state index is 0.0745. The molecular formula is C21H26N4O. The van der Waals surface area contributed by atoms with Crippen LogP contribution in [0.15, 0.2) is 42.6 Å². The van der Waals surface area contributed by atoms with E-state index in [1.165, 1.54) is 0 Å². The third-order valence-electron chi connectivity index (χ3n) is 4.56. The number of amides is 1. The molecule has 136 valence electrons. The quantitative estimate of drug-likeness (QED) is 0.730. The van der Waals surface area contributed by atoms with E-state index in [1.54, 1.807) is 6.20 Å². The Balaban J connectivity index is 2.01. The minimum atomic E-state index is -0.0982. The first-order valence-corrected chi connectivity index (χ1v) is 9.12. The highest BCUT2D eigenvalue weighted by Crippen LogP contribution is 2.25. The molecule has 1 amide bonds. The summed E-state index contributed by atoms with van der Waals surface area (Å²) in [7, 11) is 0. The minimum Gasteiger partial charge on any atom is -0.345 e. The number of benzene rings is 1. The van der Waals surface area contributed by atoms with Crippen LogP contribution < -0.4 is 5.32 Å². The highest BCUT2D eigenvalue weighted by molar-refractivity contribution is 6.05. The van der Waals surface area contributed by atoms with Gasteiger partial charge in [0, 0.05) is 11.7 Å². The lowest BCUT2D eigenvalue weighted by atomic mass is 10.0. The summed E-state index contributed by atoms with van der Waals surface area (Å²) in [5.74, 6) is 0.131. The predicted octanol–water partition coefficient (Wildman–Crippen LogP) is 4.63. The summed E-state index contributed by atoms with van der Waals surface area (Å²) in [6.07, 6.45) is 1.74. The van der Waals surface area contributed by atoms with E-state index >= 15 is 0 Å². The van der Waals surface area contributed by atoms with Crippen molar-refractivity contribution in [3.63, 3.8) is 0 Å². The first-order chi connectivity index (χ1) is 12.4. The molecular weight excluding hydrogens is 324 g/mol. The SMILES string of the molecule is CC(C)c1cc(C(=O)N[C@@H](C)c2ccccc2)c2cnn(C(C)C)c2n1. The maximum Gasteiger partial charge on any atom is 0.252 e. The number of hydrogen-bond acceptors (Lipinski definition) is 3. The third-order valence-corrected chi connectivity index (χ3v) is 4.56. The summed E-state index contributed by atoms with van der Waals surface area (Å²) >= 11 is 0. The van der Waals surface area contributed by atoms with Crippen LogP contribution in [0.5, 0.6) is 0 Å². The molecule has 0 fully saturated rings. The van der Waals surface area contributed by atoms with E-state index in [0.29, 0.717) is 5.56 Å². The summed E-state index contributed by atoms with van der Waals surface area (Å²) in [5, 5.41) is 8.35. The van der Waals surface area contributed by atoms with Gasteiger partial charge in [-0.2, -0.15) is 5.10 Å². The van der Waals surface area contributed by atoms with Crippen molar-refractivity contribution in [1.29, 1.82) is 0 Å². The molecule has 3 aromatic rings. The van der Waals surface area contributed by atoms with E-state index in [0.717, 1.165) is 22.3 Å². The van der Waals surface area contributed by atoms with Crippen LogP contribution in [0.1, 0.15) is 74.2 Å². The van der Waals surface area contributed by atoms with Crippen LogP contribution in [0.2, 0.25) is 0 Å². The maximum absolute atomic E-state index is 13.0. The van der Waals surface area contributed by atoms with Crippen molar-refractivity contribution < 1.29 is 4.79 Å². The van der Waals surface area contributed by atoms with Gasteiger partial charge in [0.15, 0.2) is 5.65 Å².